The predicted molar refractivity (Wildman–Crippen MR) is 70.8 cm³/mol. The van der Waals surface area contributed by atoms with E-state index in [0.29, 0.717) is 19.8 Å². The van der Waals surface area contributed by atoms with Crippen LogP contribution in [-0.2, 0) is 14.3 Å². The minimum Gasteiger partial charge on any atom is -0.384 e. The van der Waals surface area contributed by atoms with Crippen molar-refractivity contribution in [3.8, 4) is 0 Å². The Morgan fingerprint density at radius 2 is 1.89 bits per heavy atom. The molecule has 6 nitrogen and oxygen atoms in total. The maximum atomic E-state index is 11.9. The minimum absolute atomic E-state index is 0.0781. The standard InChI is InChI=1S/C13H24N2O4/c1-12(2,8-18-5)9-19-7-6-15-10(16)13(3,4)14-11(15)17/h6-9H2,1-5H3,(H,14,17). The lowest BCUT2D eigenvalue weighted by Crippen LogP contribution is -2.40. The van der Waals surface area contributed by atoms with Gasteiger partial charge in [-0.15, -0.1) is 0 Å². The maximum Gasteiger partial charge on any atom is 0.325 e. The number of hydrogen-bond donors (Lipinski definition) is 1. The number of nitrogens with one attached hydrogen (secondary N) is 1. The van der Waals surface area contributed by atoms with E-state index in [9.17, 15) is 9.59 Å². The number of carbonyl (C=O) groups excluding carboxylic acids is 2. The van der Waals surface area contributed by atoms with Crippen LogP contribution in [0.3, 0.4) is 0 Å². The van der Waals surface area contributed by atoms with Crippen molar-refractivity contribution in [2.45, 2.75) is 33.2 Å². The van der Waals surface area contributed by atoms with E-state index in [2.05, 4.69) is 5.32 Å². The van der Waals surface area contributed by atoms with Crippen LogP contribution in [0.2, 0.25) is 0 Å². The molecule has 1 fully saturated rings. The highest BCUT2D eigenvalue weighted by atomic mass is 16.5. The van der Waals surface area contributed by atoms with Gasteiger partial charge >= 0.3 is 6.03 Å². The summed E-state index contributed by atoms with van der Waals surface area (Å²) in [6.45, 7) is 9.18. The van der Waals surface area contributed by atoms with E-state index < -0.39 is 5.54 Å². The molecule has 1 rings (SSSR count). The van der Waals surface area contributed by atoms with Gasteiger partial charge in [0.2, 0.25) is 0 Å². The minimum atomic E-state index is -0.813. The molecule has 0 aromatic carbocycles. The molecule has 1 aliphatic rings. The Bertz CT molecular complexity index is 353. The van der Waals surface area contributed by atoms with Crippen LogP contribution in [0.1, 0.15) is 27.7 Å². The number of urea groups is 1. The van der Waals surface area contributed by atoms with Crippen molar-refractivity contribution in [1.29, 1.82) is 0 Å². The lowest BCUT2D eigenvalue weighted by atomic mass is 9.96. The van der Waals surface area contributed by atoms with Crippen molar-refractivity contribution in [2.24, 2.45) is 5.41 Å². The number of amides is 3. The molecule has 0 spiro atoms. The Morgan fingerprint density at radius 1 is 1.26 bits per heavy atom. The first-order valence-electron chi connectivity index (χ1n) is 6.40. The maximum absolute atomic E-state index is 11.9. The van der Waals surface area contributed by atoms with E-state index in [4.69, 9.17) is 9.47 Å². The zero-order valence-corrected chi connectivity index (χ0v) is 12.4. The number of carbonyl (C=O) groups is 2. The molecule has 0 unspecified atom stereocenters. The number of methoxy groups -OCH3 is 1. The van der Waals surface area contributed by atoms with E-state index in [1.54, 1.807) is 21.0 Å². The molecule has 6 heteroatoms. The molecule has 0 aliphatic carbocycles. The third-order valence-electron chi connectivity index (χ3n) is 2.93. The van der Waals surface area contributed by atoms with Gasteiger partial charge in [0.05, 0.1) is 26.4 Å². The monoisotopic (exact) mass is 272 g/mol. The van der Waals surface area contributed by atoms with E-state index in [1.807, 2.05) is 13.8 Å². The summed E-state index contributed by atoms with van der Waals surface area (Å²) in [7, 11) is 1.65. The molecule has 1 heterocycles. The molecule has 0 atom stereocenters. The summed E-state index contributed by atoms with van der Waals surface area (Å²) in [5.74, 6) is -0.211. The fourth-order valence-electron chi connectivity index (χ4n) is 1.96. The normalized spacial score (nSPS) is 18.9. The van der Waals surface area contributed by atoms with E-state index in [1.165, 1.54) is 4.90 Å². The second kappa shape index (κ2) is 5.88. The second-order valence-electron chi connectivity index (χ2n) is 6.16. The third kappa shape index (κ3) is 4.18. The Kier molecular flexibility index (Phi) is 4.92. The fraction of sp³-hybridized carbons (Fsp3) is 0.846. The quantitative estimate of drug-likeness (QED) is 0.554. The highest BCUT2D eigenvalue weighted by Crippen LogP contribution is 2.17. The highest BCUT2D eigenvalue weighted by Gasteiger charge is 2.43. The van der Waals surface area contributed by atoms with Crippen LogP contribution in [-0.4, -0.2) is 55.9 Å². The van der Waals surface area contributed by atoms with Gasteiger partial charge in [0.25, 0.3) is 5.91 Å². The smallest absolute Gasteiger partial charge is 0.325 e. The fourth-order valence-corrected chi connectivity index (χ4v) is 1.96. The van der Waals surface area contributed by atoms with Crippen LogP contribution in [0.15, 0.2) is 0 Å². The first-order valence-corrected chi connectivity index (χ1v) is 6.40. The topological polar surface area (TPSA) is 67.9 Å². The van der Waals surface area contributed by atoms with Crippen LogP contribution in [0.25, 0.3) is 0 Å². The number of rotatable bonds is 7. The molecular formula is C13H24N2O4. The number of imide groups is 1. The van der Waals surface area contributed by atoms with Gasteiger partial charge in [-0.1, -0.05) is 13.8 Å². The molecular weight excluding hydrogens is 248 g/mol. The van der Waals surface area contributed by atoms with Crippen molar-refractivity contribution in [1.82, 2.24) is 10.2 Å². The first kappa shape index (κ1) is 15.9. The van der Waals surface area contributed by atoms with Crippen LogP contribution >= 0.6 is 0 Å². The molecule has 110 valence electrons. The summed E-state index contributed by atoms with van der Waals surface area (Å²) >= 11 is 0. The van der Waals surface area contributed by atoms with E-state index in [-0.39, 0.29) is 23.9 Å². The molecule has 0 bridgehead atoms. The first-order chi connectivity index (χ1) is 8.69. The van der Waals surface area contributed by atoms with Gasteiger partial charge in [-0.3, -0.25) is 9.69 Å². The number of hydrogen-bond acceptors (Lipinski definition) is 4. The van der Waals surface area contributed by atoms with Gasteiger partial charge in [-0.2, -0.15) is 0 Å². The van der Waals surface area contributed by atoms with Crippen LogP contribution < -0.4 is 5.32 Å². The van der Waals surface area contributed by atoms with E-state index in [0.717, 1.165) is 0 Å². The van der Waals surface area contributed by atoms with Gasteiger partial charge in [0, 0.05) is 12.5 Å². The van der Waals surface area contributed by atoms with Crippen molar-refractivity contribution in [3.63, 3.8) is 0 Å². The highest BCUT2D eigenvalue weighted by molar-refractivity contribution is 6.06. The van der Waals surface area contributed by atoms with Crippen molar-refractivity contribution in [3.05, 3.63) is 0 Å². The molecule has 1 saturated heterocycles. The van der Waals surface area contributed by atoms with Crippen LogP contribution in [0.5, 0.6) is 0 Å². The lowest BCUT2D eigenvalue weighted by Gasteiger charge is -2.23. The van der Waals surface area contributed by atoms with Crippen molar-refractivity contribution in [2.75, 3.05) is 33.5 Å². The van der Waals surface area contributed by atoms with Gasteiger partial charge in [0.15, 0.2) is 0 Å². The molecule has 1 N–H and O–H groups in total. The third-order valence-corrected chi connectivity index (χ3v) is 2.93. The summed E-state index contributed by atoms with van der Waals surface area (Å²) in [5, 5.41) is 2.63. The molecule has 0 aromatic rings. The second-order valence-corrected chi connectivity index (χ2v) is 6.16. The number of nitrogens with zero attached hydrogens (tertiary/aromatic N) is 1. The Labute approximate surface area is 114 Å². The average molecular weight is 272 g/mol. The number of ether oxygens (including phenoxy) is 2. The van der Waals surface area contributed by atoms with Crippen LogP contribution in [0.4, 0.5) is 4.79 Å². The summed E-state index contributed by atoms with van der Waals surface area (Å²) in [5.41, 5.74) is -0.891. The summed E-state index contributed by atoms with van der Waals surface area (Å²) in [6.07, 6.45) is 0. The summed E-state index contributed by atoms with van der Waals surface area (Å²) < 4.78 is 10.6. The van der Waals surface area contributed by atoms with Gasteiger partial charge in [-0.05, 0) is 13.8 Å². The van der Waals surface area contributed by atoms with Gasteiger partial charge in [0.1, 0.15) is 5.54 Å². The van der Waals surface area contributed by atoms with Crippen LogP contribution in [0, 0.1) is 5.41 Å². The molecule has 0 saturated carbocycles. The van der Waals surface area contributed by atoms with Gasteiger partial charge in [-0.25, -0.2) is 4.79 Å². The predicted octanol–water partition coefficient (Wildman–Crippen LogP) is 1.01. The molecule has 3 amide bonds. The summed E-state index contributed by atoms with van der Waals surface area (Å²) in [6, 6.07) is -0.352. The Balaban J connectivity index is 2.34. The summed E-state index contributed by atoms with van der Waals surface area (Å²) in [4.78, 5) is 24.7. The zero-order chi connectivity index (χ0) is 14.7. The molecule has 0 radical (unpaired) electrons. The molecule has 1 aliphatic heterocycles. The van der Waals surface area contributed by atoms with Crippen molar-refractivity contribution < 1.29 is 19.1 Å². The molecule has 19 heavy (non-hydrogen) atoms. The average Bonchev–Trinajstić information content (AvgIpc) is 2.45. The largest absolute Gasteiger partial charge is 0.384 e. The lowest BCUT2D eigenvalue weighted by molar-refractivity contribution is -0.130. The Hall–Kier alpha value is -1.14. The SMILES string of the molecule is COCC(C)(C)COCCN1C(=O)NC(C)(C)C1=O. The van der Waals surface area contributed by atoms with E-state index >= 15 is 0 Å². The zero-order valence-electron chi connectivity index (χ0n) is 12.4. The molecule has 0 aromatic heterocycles. The van der Waals surface area contributed by atoms with Gasteiger partial charge < -0.3 is 14.8 Å². The van der Waals surface area contributed by atoms with Crippen molar-refractivity contribution >= 4 is 11.9 Å². The Morgan fingerprint density at radius 3 is 2.37 bits per heavy atom.